The van der Waals surface area contributed by atoms with Gasteiger partial charge in [-0.1, -0.05) is 0 Å². The van der Waals surface area contributed by atoms with Crippen LogP contribution in [0, 0.1) is 0 Å². The number of anilines is 1. The first kappa shape index (κ1) is 20.8. The molecule has 1 N–H and O–H groups in total. The van der Waals surface area contributed by atoms with Crippen molar-refractivity contribution in [2.75, 3.05) is 44.7 Å². The number of methoxy groups -OCH3 is 2. The lowest BCUT2D eigenvalue weighted by atomic mass is 10.1. The van der Waals surface area contributed by atoms with E-state index in [0.29, 0.717) is 35.8 Å². The minimum atomic E-state index is -0.475. The lowest BCUT2D eigenvalue weighted by Gasteiger charge is -2.31. The molecule has 0 aliphatic carbocycles. The Morgan fingerprint density at radius 3 is 2.54 bits per heavy atom. The Labute approximate surface area is 170 Å². The molecular weight excluding hydrogens is 380 g/mol. The Morgan fingerprint density at radius 1 is 1.18 bits per heavy atom. The second-order valence-corrected chi connectivity index (χ2v) is 8.23. The number of carbonyl (C=O) groups excluding carboxylic acids is 2. The molecule has 2 aliphatic heterocycles. The minimum Gasteiger partial charge on any atom is -0.493 e. The summed E-state index contributed by atoms with van der Waals surface area (Å²) in [6.45, 7) is 0.585. The van der Waals surface area contributed by atoms with Gasteiger partial charge in [0.2, 0.25) is 0 Å². The molecule has 0 unspecified atom stereocenters. The first-order valence-corrected chi connectivity index (χ1v) is 10.7. The van der Waals surface area contributed by atoms with Gasteiger partial charge in [-0.25, -0.2) is 0 Å². The SMILES string of the molecule is COc1cc(C(=O)N(C)C2CCSCC2)cc(NC(=O)[C@@H]2CCCO2)c1OC. The van der Waals surface area contributed by atoms with Gasteiger partial charge in [-0.15, -0.1) is 0 Å². The van der Waals surface area contributed by atoms with Gasteiger partial charge in [-0.3, -0.25) is 9.59 Å². The summed E-state index contributed by atoms with van der Waals surface area (Å²) < 4.78 is 16.3. The Morgan fingerprint density at radius 2 is 1.93 bits per heavy atom. The van der Waals surface area contributed by atoms with E-state index < -0.39 is 6.10 Å². The van der Waals surface area contributed by atoms with Gasteiger partial charge < -0.3 is 24.4 Å². The van der Waals surface area contributed by atoms with Crippen molar-refractivity contribution in [3.05, 3.63) is 17.7 Å². The molecule has 1 aromatic carbocycles. The zero-order chi connectivity index (χ0) is 20.1. The molecule has 2 heterocycles. The highest BCUT2D eigenvalue weighted by Gasteiger charge is 2.28. The fourth-order valence-corrected chi connectivity index (χ4v) is 4.70. The summed E-state index contributed by atoms with van der Waals surface area (Å²) in [7, 11) is 4.86. The molecule has 8 heteroatoms. The first-order valence-electron chi connectivity index (χ1n) is 9.58. The standard InChI is InChI=1S/C20H28N2O5S/c1-22(14-6-9-28-10-7-14)20(24)13-11-15(18(26-3)17(12-13)25-2)21-19(23)16-5-4-8-27-16/h11-12,14,16H,4-10H2,1-3H3,(H,21,23)/t16-/m0/s1. The average Bonchev–Trinajstić information content (AvgIpc) is 3.27. The third kappa shape index (κ3) is 4.55. The smallest absolute Gasteiger partial charge is 0.254 e. The van der Waals surface area contributed by atoms with Crippen LogP contribution >= 0.6 is 11.8 Å². The molecule has 0 radical (unpaired) electrons. The molecule has 0 bridgehead atoms. The summed E-state index contributed by atoms with van der Waals surface area (Å²) in [6.07, 6.45) is 3.05. The van der Waals surface area contributed by atoms with Crippen LogP contribution in [-0.2, 0) is 9.53 Å². The van der Waals surface area contributed by atoms with Crippen LogP contribution in [-0.4, -0.2) is 68.2 Å². The largest absolute Gasteiger partial charge is 0.493 e. The van der Waals surface area contributed by atoms with E-state index in [4.69, 9.17) is 14.2 Å². The van der Waals surface area contributed by atoms with E-state index in [1.165, 1.54) is 14.2 Å². The third-order valence-corrected chi connectivity index (χ3v) is 6.31. The molecule has 1 aromatic rings. The number of rotatable bonds is 6. The van der Waals surface area contributed by atoms with Gasteiger partial charge in [0.25, 0.3) is 11.8 Å². The van der Waals surface area contributed by atoms with E-state index in [1.54, 1.807) is 17.0 Å². The highest BCUT2D eigenvalue weighted by Crippen LogP contribution is 2.37. The maximum atomic E-state index is 13.1. The lowest BCUT2D eigenvalue weighted by molar-refractivity contribution is -0.124. The molecule has 7 nitrogen and oxygen atoms in total. The number of hydrogen-bond acceptors (Lipinski definition) is 6. The van der Waals surface area contributed by atoms with E-state index in [9.17, 15) is 9.59 Å². The van der Waals surface area contributed by atoms with Gasteiger partial charge in [0, 0.05) is 25.3 Å². The number of nitrogens with zero attached hydrogens (tertiary/aromatic N) is 1. The Hall–Kier alpha value is -1.93. The van der Waals surface area contributed by atoms with Gasteiger partial charge in [-0.05, 0) is 49.3 Å². The molecular formula is C20H28N2O5S. The Kier molecular flexibility index (Phi) is 7.07. The lowest BCUT2D eigenvalue weighted by Crippen LogP contribution is -2.39. The second-order valence-electron chi connectivity index (χ2n) is 7.01. The van der Waals surface area contributed by atoms with E-state index in [0.717, 1.165) is 30.8 Å². The number of benzene rings is 1. The third-order valence-electron chi connectivity index (χ3n) is 5.26. The molecule has 3 rings (SSSR count). The summed E-state index contributed by atoms with van der Waals surface area (Å²) in [4.78, 5) is 27.4. The molecule has 2 fully saturated rings. The molecule has 2 saturated heterocycles. The average molecular weight is 409 g/mol. The monoisotopic (exact) mass is 408 g/mol. The minimum absolute atomic E-state index is 0.0922. The van der Waals surface area contributed by atoms with Crippen LogP contribution in [0.4, 0.5) is 5.69 Å². The van der Waals surface area contributed by atoms with Gasteiger partial charge in [0.05, 0.1) is 19.9 Å². The molecule has 0 saturated carbocycles. The van der Waals surface area contributed by atoms with Crippen molar-refractivity contribution in [3.63, 3.8) is 0 Å². The topological polar surface area (TPSA) is 77.1 Å². The van der Waals surface area contributed by atoms with Crippen molar-refractivity contribution in [2.24, 2.45) is 0 Å². The maximum Gasteiger partial charge on any atom is 0.254 e. The summed E-state index contributed by atoms with van der Waals surface area (Å²) in [5.41, 5.74) is 0.874. The van der Waals surface area contributed by atoms with E-state index in [1.807, 2.05) is 18.8 Å². The van der Waals surface area contributed by atoms with Crippen molar-refractivity contribution in [2.45, 2.75) is 37.8 Å². The zero-order valence-electron chi connectivity index (χ0n) is 16.7. The summed E-state index contributed by atoms with van der Waals surface area (Å²) in [6, 6.07) is 3.55. The van der Waals surface area contributed by atoms with E-state index in [-0.39, 0.29) is 17.9 Å². The van der Waals surface area contributed by atoms with Crippen molar-refractivity contribution in [3.8, 4) is 11.5 Å². The second kappa shape index (κ2) is 9.52. The number of thioether (sulfide) groups is 1. The first-order chi connectivity index (χ1) is 13.5. The van der Waals surface area contributed by atoms with Crippen LogP contribution in [0.2, 0.25) is 0 Å². The van der Waals surface area contributed by atoms with Gasteiger partial charge >= 0.3 is 0 Å². The van der Waals surface area contributed by atoms with Crippen molar-refractivity contribution < 1.29 is 23.8 Å². The van der Waals surface area contributed by atoms with Crippen molar-refractivity contribution in [1.29, 1.82) is 0 Å². The van der Waals surface area contributed by atoms with Crippen LogP contribution in [0.3, 0.4) is 0 Å². The number of carbonyl (C=O) groups is 2. The van der Waals surface area contributed by atoms with Crippen LogP contribution in [0.15, 0.2) is 12.1 Å². The van der Waals surface area contributed by atoms with Gasteiger partial charge in [0.1, 0.15) is 6.10 Å². The molecule has 2 aliphatic rings. The van der Waals surface area contributed by atoms with Gasteiger partial charge in [0.15, 0.2) is 11.5 Å². The van der Waals surface area contributed by atoms with Crippen LogP contribution in [0.5, 0.6) is 11.5 Å². The highest BCUT2D eigenvalue weighted by atomic mass is 32.2. The number of hydrogen-bond donors (Lipinski definition) is 1. The summed E-state index contributed by atoms with van der Waals surface area (Å²) >= 11 is 1.92. The molecule has 28 heavy (non-hydrogen) atoms. The molecule has 154 valence electrons. The quantitative estimate of drug-likeness (QED) is 0.780. The Balaban J connectivity index is 1.86. The number of amides is 2. The van der Waals surface area contributed by atoms with Crippen LogP contribution in [0.1, 0.15) is 36.0 Å². The van der Waals surface area contributed by atoms with E-state index in [2.05, 4.69) is 5.32 Å². The van der Waals surface area contributed by atoms with Crippen molar-refractivity contribution in [1.82, 2.24) is 4.90 Å². The molecule has 2 amide bonds. The van der Waals surface area contributed by atoms with Crippen molar-refractivity contribution >= 4 is 29.3 Å². The molecule has 0 aromatic heterocycles. The van der Waals surface area contributed by atoms with Gasteiger partial charge in [-0.2, -0.15) is 11.8 Å². The Bertz CT molecular complexity index is 715. The maximum absolute atomic E-state index is 13.1. The normalized spacial score (nSPS) is 19.9. The van der Waals surface area contributed by atoms with Crippen LogP contribution in [0.25, 0.3) is 0 Å². The number of ether oxygens (including phenoxy) is 3. The van der Waals surface area contributed by atoms with Crippen LogP contribution < -0.4 is 14.8 Å². The summed E-state index contributed by atoms with van der Waals surface area (Å²) in [5.74, 6) is 2.60. The predicted octanol–water partition coefficient (Wildman–Crippen LogP) is 2.79. The molecule has 1 atom stereocenters. The predicted molar refractivity (Wildman–Crippen MR) is 110 cm³/mol. The zero-order valence-corrected chi connectivity index (χ0v) is 17.5. The summed E-state index contributed by atoms with van der Waals surface area (Å²) in [5, 5.41) is 2.85. The molecule has 0 spiro atoms. The van der Waals surface area contributed by atoms with E-state index >= 15 is 0 Å². The fraction of sp³-hybridized carbons (Fsp3) is 0.600. The highest BCUT2D eigenvalue weighted by molar-refractivity contribution is 7.99. The fourth-order valence-electron chi connectivity index (χ4n) is 3.62. The number of nitrogens with one attached hydrogen (secondary N) is 1.